The number of nitrogens with two attached hydrogens (primary N) is 1. The normalized spacial score (nSPS) is 18.5. The number of hydrogen-bond acceptors (Lipinski definition) is 28. The van der Waals surface area contributed by atoms with Gasteiger partial charge in [-0.2, -0.15) is 0 Å². The Morgan fingerprint density at radius 2 is 0.626 bits per heavy atom. The van der Waals surface area contributed by atoms with Gasteiger partial charge in [0.2, 0.25) is 5.96 Å². The summed E-state index contributed by atoms with van der Waals surface area (Å²) >= 11 is 23.2. The molecular formula is C102H70N6O14S9. The Morgan fingerprint density at radius 3 is 0.947 bits per heavy atom. The molecule has 10 aromatic carbocycles. The highest BCUT2D eigenvalue weighted by molar-refractivity contribution is 8.28. The van der Waals surface area contributed by atoms with Crippen molar-refractivity contribution in [2.45, 2.75) is 51.4 Å². The Kier molecular flexibility index (Phi) is 26.5. The van der Waals surface area contributed by atoms with E-state index in [0.717, 1.165) is 192 Å². The Labute approximate surface area is 788 Å². The number of rotatable bonds is 7. The third-order valence-electron chi connectivity index (χ3n) is 21.3. The van der Waals surface area contributed by atoms with E-state index in [-0.39, 0.29) is 65.8 Å². The van der Waals surface area contributed by atoms with Crippen molar-refractivity contribution in [3.05, 3.63) is 310 Å². The lowest BCUT2D eigenvalue weighted by Gasteiger charge is -2.00. The number of allylic oxidation sites excluding steroid dienone is 6. The van der Waals surface area contributed by atoms with Gasteiger partial charge in [-0.15, -0.1) is 0 Å². The van der Waals surface area contributed by atoms with Gasteiger partial charge in [0.15, 0.2) is 34.7 Å². The summed E-state index contributed by atoms with van der Waals surface area (Å²) in [6, 6.07) is 68.8. The largest absolute Gasteiger partial charge is 0.493 e. The molecule has 646 valence electrons. The van der Waals surface area contributed by atoms with E-state index in [2.05, 4.69) is 28.5 Å². The maximum Gasteiger partial charge on any atom is 0.276 e. The third-order valence-corrected chi connectivity index (χ3v) is 28.1. The van der Waals surface area contributed by atoms with Crippen LogP contribution >= 0.6 is 107 Å². The number of nitrogens with zero attached hydrogens (tertiary/aromatic N) is 1. The number of Topliss-reactive ketones (excluding diaryl/α,β-unsaturated/α-hetero) is 6. The molecule has 0 saturated carbocycles. The number of aliphatic imine (C=N–C) groups is 1. The highest BCUT2D eigenvalue weighted by Gasteiger charge is 2.29. The van der Waals surface area contributed by atoms with Crippen LogP contribution in [-0.4, -0.2) is 87.5 Å². The Balaban J connectivity index is 0.000000103. The van der Waals surface area contributed by atoms with Gasteiger partial charge in [-0.05, 0) is 208 Å². The molecule has 15 aromatic rings. The van der Waals surface area contributed by atoms with Gasteiger partial charge in [0.1, 0.15) is 61.9 Å². The second-order valence-electron chi connectivity index (χ2n) is 30.6. The lowest BCUT2D eigenvalue weighted by molar-refractivity contribution is -0.116. The van der Waals surface area contributed by atoms with Gasteiger partial charge < -0.3 is 37.3 Å². The van der Waals surface area contributed by atoms with Crippen LogP contribution in [0.3, 0.4) is 0 Å². The number of ether oxygens (including phenoxy) is 2. The van der Waals surface area contributed by atoms with Crippen LogP contribution in [0.2, 0.25) is 0 Å². The molecule has 0 spiro atoms. The van der Waals surface area contributed by atoms with E-state index in [0.29, 0.717) is 54.8 Å². The number of fused-ring (bicyclic) bond motifs is 13. The van der Waals surface area contributed by atoms with Crippen LogP contribution in [0.5, 0.6) is 11.5 Å². The number of amides is 1. The van der Waals surface area contributed by atoms with Crippen molar-refractivity contribution in [3.8, 4) is 11.5 Å². The van der Waals surface area contributed by atoms with Gasteiger partial charge in [-0.25, -0.2) is 4.99 Å². The van der Waals surface area contributed by atoms with Crippen LogP contribution in [0, 0.1) is 16.2 Å². The van der Waals surface area contributed by atoms with Gasteiger partial charge >= 0.3 is 0 Å². The second kappa shape index (κ2) is 39.2. The monoisotopic (exact) mass is 1890 g/mol. The molecule has 5 aromatic heterocycles. The SMILES string of the molecule is N=C1CC(=O)/C(=C/c2ccc3c(c2)CCO3)S1.N=C1CC(=O)/C(=C/c2ccc3oc4ccccc4c3c2)S1.N=C1CC(=O)/C(=C/c2ccc3occc3c2)S1.NC1=N/C(=C\c2ccc3oc4ccccc4c3c2)C(=O)N1.O=C1CC(=S)S/C1=C\c1ccc2c(c1)CCO2.O=C1CC(=S)S/C1=C\c1ccc2oc3ccccc3c2c1.O=C1CC(=S)S/C1=C\c1ccc2occc2c1. The van der Waals surface area contributed by atoms with Crippen LogP contribution in [0.1, 0.15) is 88.6 Å². The average molecular weight is 1890 g/mol. The number of ketones is 6. The number of carbonyl (C=O) groups is 7. The minimum atomic E-state index is -0.287. The summed E-state index contributed by atoms with van der Waals surface area (Å²) in [7, 11) is 0. The number of para-hydroxylation sites is 3. The van der Waals surface area contributed by atoms with Gasteiger partial charge in [0, 0.05) is 55.9 Å². The molecule has 0 aliphatic carbocycles. The minimum Gasteiger partial charge on any atom is -0.493 e. The first kappa shape index (κ1) is 88.4. The Morgan fingerprint density at radius 1 is 0.328 bits per heavy atom. The van der Waals surface area contributed by atoms with Crippen LogP contribution in [0.25, 0.3) is 130 Å². The maximum absolute atomic E-state index is 11.8. The summed E-state index contributed by atoms with van der Waals surface area (Å²) in [5.41, 5.74) is 21.9. The average Bonchev–Trinajstić information content (AvgIpc) is 1.64. The van der Waals surface area contributed by atoms with E-state index >= 15 is 0 Å². The molecule has 0 radical (unpaired) electrons. The van der Waals surface area contributed by atoms with Gasteiger partial charge in [-0.3, -0.25) is 55.1 Å². The first-order chi connectivity index (χ1) is 63.5. The highest BCUT2D eigenvalue weighted by Crippen LogP contribution is 2.41. The van der Waals surface area contributed by atoms with E-state index in [1.54, 1.807) is 18.6 Å². The zero-order valence-corrected chi connectivity index (χ0v) is 76.2. The van der Waals surface area contributed by atoms with Crippen molar-refractivity contribution >= 4 is 312 Å². The number of thiocarbonyl (C=S) groups is 3. The molecule has 24 rings (SSSR count). The smallest absolute Gasteiger partial charge is 0.276 e. The summed E-state index contributed by atoms with van der Waals surface area (Å²) in [5.74, 6) is 2.24. The first-order valence-corrected chi connectivity index (χ1v) is 47.1. The summed E-state index contributed by atoms with van der Waals surface area (Å²) in [6.07, 6.45) is 20.1. The number of thioether (sulfide) groups is 6. The summed E-state index contributed by atoms with van der Waals surface area (Å²) < 4.78 is 41.0. The predicted octanol–water partition coefficient (Wildman–Crippen LogP) is 24.8. The lowest BCUT2D eigenvalue weighted by Crippen LogP contribution is -2.30. The van der Waals surface area contributed by atoms with E-state index in [9.17, 15) is 33.6 Å². The number of guanidine groups is 1. The van der Waals surface area contributed by atoms with Crippen molar-refractivity contribution in [1.29, 1.82) is 16.2 Å². The van der Waals surface area contributed by atoms with Gasteiger partial charge in [0.05, 0.1) is 121 Å². The first-order valence-electron chi connectivity index (χ1n) is 41.0. The molecule has 6 N–H and O–H groups in total. The Hall–Kier alpha value is -13.2. The number of benzene rings is 10. The number of furan rings is 5. The van der Waals surface area contributed by atoms with Crippen molar-refractivity contribution in [2.75, 3.05) is 13.2 Å². The molecule has 0 atom stereocenters. The lowest BCUT2D eigenvalue weighted by atomic mass is 10.1. The maximum atomic E-state index is 11.8. The zero-order chi connectivity index (χ0) is 90.5. The fraction of sp³-hybridized carbons (Fsp3) is 0.0980. The fourth-order valence-corrected chi connectivity index (χ4v) is 21.4. The second-order valence-corrected chi connectivity index (χ2v) is 39.6. The molecular weight excluding hydrogens is 1820 g/mol. The topological polar surface area (TPSA) is 326 Å². The molecule has 0 bridgehead atoms. The Bertz CT molecular complexity index is 7360. The van der Waals surface area contributed by atoms with Crippen LogP contribution in [-0.2, 0) is 46.4 Å². The molecule has 9 aliphatic heterocycles. The van der Waals surface area contributed by atoms with E-state index < -0.39 is 0 Å². The molecule has 29 heteroatoms. The van der Waals surface area contributed by atoms with E-state index in [1.807, 2.05) is 231 Å². The number of carbonyl (C=O) groups excluding carboxylic acids is 7. The molecule has 131 heavy (non-hydrogen) atoms. The molecule has 1 amide bonds. The standard InChI is InChI=1S/C17H11NO2S.C17H10O2S2.C16H11N3O2.C13H11NO2S.C13H9NO2S.C13H10O2S2.C13H8O2S2/c18-17-9-13(19)16(21-17)8-10-5-6-15-12(7-10)11-3-1-2-4-14(11)20-15;18-13-9-17(20)21-16(13)8-10-5-6-15-12(7-10)11-3-1-2-4-14(11)19-15;17-16-18-12(15(20)19-16)8-9-5-6-14-11(7-9)10-3-1-2-4-13(10)21-14;2*14-13-7-10(15)12(17-13)6-8-1-2-11-9(5-8)3-4-16-11;2*14-10-7-13(16)17-12(10)6-8-1-2-11-9(5-8)3-4-15-11/h1-8,18H,9H2;1-8H,9H2;1-8H,(H3,17,18,19,20);1-2,5-6,14H,3-4,7H2;1-6,14H,7H2;1-2,5-6H,3-4,7H2;1-6H,7H2/b16-8-,18-17?;16-8-;12-8-;2*12-6-,14-13?;2*12-6-. The van der Waals surface area contributed by atoms with Crippen molar-refractivity contribution in [3.63, 3.8) is 0 Å². The van der Waals surface area contributed by atoms with Crippen LogP contribution < -0.4 is 20.5 Å². The van der Waals surface area contributed by atoms with Crippen molar-refractivity contribution < 1.29 is 65.1 Å². The van der Waals surface area contributed by atoms with Crippen LogP contribution in [0.4, 0.5) is 0 Å². The highest BCUT2D eigenvalue weighted by atomic mass is 32.2. The predicted molar refractivity (Wildman–Crippen MR) is 545 cm³/mol. The molecule has 20 nitrogen and oxygen atoms in total. The molecule has 6 fully saturated rings. The van der Waals surface area contributed by atoms with Crippen molar-refractivity contribution in [1.82, 2.24) is 5.32 Å². The number of nitrogens with one attached hydrogen (secondary N) is 4. The molecule has 6 saturated heterocycles. The quantitative estimate of drug-likeness (QED) is 0.0731. The fourth-order valence-electron chi connectivity index (χ4n) is 15.1. The number of hydrogen-bond donors (Lipinski definition) is 5. The molecule has 0 unspecified atom stereocenters. The van der Waals surface area contributed by atoms with Gasteiger partial charge in [-0.1, -0.05) is 204 Å². The summed E-state index contributed by atoms with van der Waals surface area (Å²) in [6.45, 7) is 1.50. The van der Waals surface area contributed by atoms with Crippen molar-refractivity contribution in [2.24, 2.45) is 10.7 Å². The zero-order valence-electron chi connectivity index (χ0n) is 68.9. The molecule has 14 heterocycles. The van der Waals surface area contributed by atoms with Gasteiger partial charge in [0.25, 0.3) is 5.91 Å². The molecule has 9 aliphatic rings. The third kappa shape index (κ3) is 21.0. The minimum absolute atomic E-state index is 0.0298. The van der Waals surface area contributed by atoms with Crippen LogP contribution in [0.15, 0.2) is 287 Å². The van der Waals surface area contributed by atoms with E-state index in [1.165, 1.54) is 81.7 Å². The van der Waals surface area contributed by atoms with E-state index in [4.69, 9.17) is 90.2 Å². The summed E-state index contributed by atoms with van der Waals surface area (Å²) in [4.78, 5) is 89.7. The summed E-state index contributed by atoms with van der Waals surface area (Å²) in [5, 5.41) is 34.6.